The molecular formula is C26H22ClNO7. The van der Waals surface area contributed by atoms with Crippen LogP contribution >= 0.6 is 11.6 Å². The summed E-state index contributed by atoms with van der Waals surface area (Å²) < 4.78 is 16.3. The van der Waals surface area contributed by atoms with Gasteiger partial charge >= 0.3 is 0 Å². The molecule has 0 radical (unpaired) electrons. The second-order valence-corrected chi connectivity index (χ2v) is 8.06. The lowest BCUT2D eigenvalue weighted by atomic mass is 9.94. The summed E-state index contributed by atoms with van der Waals surface area (Å²) in [4.78, 5) is 27.7. The number of rotatable bonds is 6. The van der Waals surface area contributed by atoms with Gasteiger partial charge < -0.3 is 24.4 Å². The number of Topliss-reactive ketones (excluding diaryl/α,β-unsaturated/α-hetero) is 1. The van der Waals surface area contributed by atoms with Crippen LogP contribution < -0.4 is 19.1 Å². The Balaban J connectivity index is 2.04. The number of halogens is 1. The molecule has 1 saturated heterocycles. The second-order valence-electron chi connectivity index (χ2n) is 7.63. The third-order valence-electron chi connectivity index (χ3n) is 5.69. The standard InChI is InChI=1S/C26H22ClNO7/c1-33-19-12-15(13-20(34-2)25(19)35-3)22-21(23(30)14-7-6-8-16(27)11-14)24(31)26(32)28(22)17-9-4-5-10-18(17)29/h4-13,22,29-30H,1-3H3/b23-21+. The van der Waals surface area contributed by atoms with Crippen LogP contribution in [0.1, 0.15) is 17.2 Å². The number of aromatic hydroxyl groups is 1. The molecule has 1 atom stereocenters. The first-order chi connectivity index (χ1) is 16.8. The molecule has 1 heterocycles. The van der Waals surface area contributed by atoms with E-state index in [0.717, 1.165) is 4.90 Å². The molecule has 1 unspecified atom stereocenters. The van der Waals surface area contributed by atoms with Gasteiger partial charge in [-0.15, -0.1) is 0 Å². The highest BCUT2D eigenvalue weighted by atomic mass is 35.5. The van der Waals surface area contributed by atoms with Crippen LogP contribution in [0.15, 0.2) is 66.2 Å². The van der Waals surface area contributed by atoms with Crippen molar-refractivity contribution in [3.8, 4) is 23.0 Å². The molecule has 1 aliphatic heterocycles. The zero-order valence-corrected chi connectivity index (χ0v) is 19.9. The Kier molecular flexibility index (Phi) is 6.57. The summed E-state index contributed by atoms with van der Waals surface area (Å²) in [6.45, 7) is 0. The molecule has 4 rings (SSSR count). The Morgan fingerprint density at radius 1 is 0.914 bits per heavy atom. The van der Waals surface area contributed by atoms with E-state index in [1.54, 1.807) is 42.5 Å². The number of para-hydroxylation sites is 2. The number of nitrogens with zero attached hydrogens (tertiary/aromatic N) is 1. The van der Waals surface area contributed by atoms with Crippen molar-refractivity contribution in [2.24, 2.45) is 0 Å². The lowest BCUT2D eigenvalue weighted by molar-refractivity contribution is -0.132. The summed E-state index contributed by atoms with van der Waals surface area (Å²) in [5.41, 5.74) is 0.545. The van der Waals surface area contributed by atoms with Crippen LogP contribution in [0.5, 0.6) is 23.0 Å². The molecule has 2 N–H and O–H groups in total. The van der Waals surface area contributed by atoms with E-state index in [4.69, 9.17) is 25.8 Å². The molecule has 3 aromatic carbocycles. The molecule has 180 valence electrons. The maximum Gasteiger partial charge on any atom is 0.300 e. The number of amides is 1. The van der Waals surface area contributed by atoms with Gasteiger partial charge in [0.15, 0.2) is 11.5 Å². The Labute approximate surface area is 206 Å². The average Bonchev–Trinajstić information content (AvgIpc) is 3.13. The van der Waals surface area contributed by atoms with Gasteiger partial charge in [0.2, 0.25) is 5.75 Å². The number of benzene rings is 3. The Morgan fingerprint density at radius 2 is 1.57 bits per heavy atom. The number of aliphatic hydroxyl groups is 1. The molecule has 0 bridgehead atoms. The van der Waals surface area contributed by atoms with Crippen molar-refractivity contribution in [1.29, 1.82) is 0 Å². The fourth-order valence-electron chi connectivity index (χ4n) is 4.11. The molecular weight excluding hydrogens is 474 g/mol. The fourth-order valence-corrected chi connectivity index (χ4v) is 4.31. The molecule has 9 heteroatoms. The number of ketones is 1. The summed E-state index contributed by atoms with van der Waals surface area (Å²) in [6, 6.07) is 14.4. The van der Waals surface area contributed by atoms with Crippen LogP contribution in [-0.2, 0) is 9.59 Å². The number of methoxy groups -OCH3 is 3. The zero-order chi connectivity index (χ0) is 25.3. The Bertz CT molecular complexity index is 1330. The highest BCUT2D eigenvalue weighted by Gasteiger charge is 2.48. The summed E-state index contributed by atoms with van der Waals surface area (Å²) in [6.07, 6.45) is 0. The number of aliphatic hydroxyl groups excluding tert-OH is 1. The van der Waals surface area contributed by atoms with Gasteiger partial charge in [-0.2, -0.15) is 0 Å². The SMILES string of the molecule is COc1cc(C2/C(=C(\O)c3cccc(Cl)c3)C(=O)C(=O)N2c2ccccc2O)cc(OC)c1OC. The largest absolute Gasteiger partial charge is 0.507 e. The zero-order valence-electron chi connectivity index (χ0n) is 19.1. The van der Waals surface area contributed by atoms with Crippen LogP contribution in [0, 0.1) is 0 Å². The van der Waals surface area contributed by atoms with Gasteiger partial charge in [-0.05, 0) is 42.0 Å². The molecule has 8 nitrogen and oxygen atoms in total. The number of hydrogen-bond donors (Lipinski definition) is 2. The van der Waals surface area contributed by atoms with Crippen LogP contribution in [-0.4, -0.2) is 43.2 Å². The average molecular weight is 496 g/mol. The highest BCUT2D eigenvalue weighted by molar-refractivity contribution is 6.52. The van der Waals surface area contributed by atoms with Crippen molar-refractivity contribution >= 4 is 34.7 Å². The van der Waals surface area contributed by atoms with E-state index >= 15 is 0 Å². The Morgan fingerprint density at radius 3 is 2.14 bits per heavy atom. The number of carbonyl (C=O) groups excluding carboxylic acids is 2. The highest BCUT2D eigenvalue weighted by Crippen LogP contribution is 2.48. The summed E-state index contributed by atoms with van der Waals surface area (Å²) in [5, 5.41) is 22.1. The second kappa shape index (κ2) is 9.60. The third kappa shape index (κ3) is 4.13. The maximum atomic E-state index is 13.3. The van der Waals surface area contributed by atoms with Gasteiger partial charge in [-0.25, -0.2) is 0 Å². The molecule has 1 fully saturated rings. The number of hydrogen-bond acceptors (Lipinski definition) is 7. The van der Waals surface area contributed by atoms with E-state index in [1.165, 1.54) is 39.5 Å². The number of anilines is 1. The van der Waals surface area contributed by atoms with E-state index < -0.39 is 23.5 Å². The molecule has 3 aromatic rings. The molecule has 0 spiro atoms. The van der Waals surface area contributed by atoms with Crippen LogP contribution in [0.3, 0.4) is 0 Å². The fraction of sp³-hybridized carbons (Fsp3) is 0.154. The van der Waals surface area contributed by atoms with Crippen molar-refractivity contribution in [2.45, 2.75) is 6.04 Å². The van der Waals surface area contributed by atoms with Crippen molar-refractivity contribution in [3.05, 3.63) is 82.4 Å². The van der Waals surface area contributed by atoms with Crippen molar-refractivity contribution < 1.29 is 34.0 Å². The molecule has 35 heavy (non-hydrogen) atoms. The minimum Gasteiger partial charge on any atom is -0.507 e. The first-order valence-corrected chi connectivity index (χ1v) is 10.8. The number of ether oxygens (including phenoxy) is 3. The number of carbonyl (C=O) groups is 2. The maximum absolute atomic E-state index is 13.3. The summed E-state index contributed by atoms with van der Waals surface area (Å²) in [7, 11) is 4.33. The molecule has 1 amide bonds. The normalized spacial score (nSPS) is 16.9. The minimum absolute atomic E-state index is 0.0958. The first-order valence-electron chi connectivity index (χ1n) is 10.5. The molecule has 1 aliphatic rings. The molecule has 0 aliphatic carbocycles. The van der Waals surface area contributed by atoms with E-state index in [9.17, 15) is 19.8 Å². The third-order valence-corrected chi connectivity index (χ3v) is 5.92. The van der Waals surface area contributed by atoms with Crippen molar-refractivity contribution in [2.75, 3.05) is 26.2 Å². The summed E-state index contributed by atoms with van der Waals surface area (Å²) in [5.74, 6) is -1.59. The van der Waals surface area contributed by atoms with E-state index in [1.807, 2.05) is 0 Å². The Hall–Kier alpha value is -4.17. The van der Waals surface area contributed by atoms with Crippen LogP contribution in [0.4, 0.5) is 5.69 Å². The first kappa shape index (κ1) is 24.0. The lowest BCUT2D eigenvalue weighted by Crippen LogP contribution is -2.29. The monoisotopic (exact) mass is 495 g/mol. The summed E-state index contributed by atoms with van der Waals surface area (Å²) >= 11 is 6.10. The number of phenols is 1. The lowest BCUT2D eigenvalue weighted by Gasteiger charge is -2.27. The van der Waals surface area contributed by atoms with Crippen LogP contribution in [0.2, 0.25) is 5.02 Å². The van der Waals surface area contributed by atoms with E-state index in [2.05, 4.69) is 0 Å². The predicted molar refractivity (Wildman–Crippen MR) is 130 cm³/mol. The van der Waals surface area contributed by atoms with Crippen LogP contribution in [0.25, 0.3) is 5.76 Å². The van der Waals surface area contributed by atoms with E-state index in [0.29, 0.717) is 16.3 Å². The predicted octanol–water partition coefficient (Wildman–Crippen LogP) is 4.70. The number of phenolic OH excluding ortho intramolecular Hbond substituents is 1. The minimum atomic E-state index is -1.13. The van der Waals surface area contributed by atoms with Gasteiger partial charge in [0, 0.05) is 10.6 Å². The molecule has 0 aromatic heterocycles. The van der Waals surface area contributed by atoms with Gasteiger partial charge in [0.05, 0.1) is 38.6 Å². The quantitative estimate of drug-likeness (QED) is 0.290. The molecule has 0 saturated carbocycles. The van der Waals surface area contributed by atoms with Gasteiger partial charge in [0.1, 0.15) is 11.5 Å². The van der Waals surface area contributed by atoms with E-state index in [-0.39, 0.29) is 34.1 Å². The van der Waals surface area contributed by atoms with Gasteiger partial charge in [0.25, 0.3) is 11.7 Å². The van der Waals surface area contributed by atoms with Crippen molar-refractivity contribution in [3.63, 3.8) is 0 Å². The van der Waals surface area contributed by atoms with Crippen molar-refractivity contribution in [1.82, 2.24) is 0 Å². The van der Waals surface area contributed by atoms with Gasteiger partial charge in [-0.1, -0.05) is 35.9 Å². The topological polar surface area (TPSA) is 106 Å². The van der Waals surface area contributed by atoms with Gasteiger partial charge in [-0.3, -0.25) is 14.5 Å². The smallest absolute Gasteiger partial charge is 0.300 e.